The van der Waals surface area contributed by atoms with Gasteiger partial charge in [0.15, 0.2) is 17.4 Å². The van der Waals surface area contributed by atoms with Gasteiger partial charge in [0.05, 0.1) is 35.5 Å². The predicted molar refractivity (Wildman–Crippen MR) is 203 cm³/mol. The number of hydrogen-bond acceptors (Lipinski definition) is 7. The van der Waals surface area contributed by atoms with Crippen molar-refractivity contribution < 1.29 is 10.2 Å². The van der Waals surface area contributed by atoms with E-state index in [0.717, 1.165) is 61.8 Å². The van der Waals surface area contributed by atoms with Crippen molar-refractivity contribution in [3.8, 4) is 51.1 Å². The molecule has 0 spiro atoms. The summed E-state index contributed by atoms with van der Waals surface area (Å²) >= 11 is 0. The summed E-state index contributed by atoms with van der Waals surface area (Å²) in [6.45, 7) is 7.74. The number of aryl methyl sites for hydroxylation is 4. The van der Waals surface area contributed by atoms with Crippen molar-refractivity contribution in [3.05, 3.63) is 155 Å². The molecule has 8 aromatic rings. The first-order chi connectivity index (χ1) is 25.2. The molecular weight excluding hydrogens is 647 g/mol. The number of aromatic nitrogens is 6. The van der Waals surface area contributed by atoms with E-state index in [1.54, 1.807) is 4.52 Å². The third-order valence-electron chi connectivity index (χ3n) is 9.08. The lowest BCUT2D eigenvalue weighted by Crippen LogP contribution is -2.09. The maximum atomic E-state index is 10.3. The van der Waals surface area contributed by atoms with Crippen LogP contribution in [-0.4, -0.2) is 39.4 Å². The van der Waals surface area contributed by atoms with E-state index in [-0.39, 0.29) is 6.61 Å². The molecule has 1 atom stereocenters. The van der Waals surface area contributed by atoms with Gasteiger partial charge in [-0.2, -0.15) is 15.5 Å². The summed E-state index contributed by atoms with van der Waals surface area (Å²) in [4.78, 5) is 9.22. The lowest BCUT2D eigenvalue weighted by atomic mass is 10.00. The molecule has 0 bridgehead atoms. The summed E-state index contributed by atoms with van der Waals surface area (Å²) < 4.78 is 3.56. The van der Waals surface area contributed by atoms with E-state index in [9.17, 15) is 15.5 Å². The van der Waals surface area contributed by atoms with Gasteiger partial charge < -0.3 is 10.2 Å². The first-order valence-electron chi connectivity index (χ1n) is 17.0. The van der Waals surface area contributed by atoms with Crippen LogP contribution in [0.25, 0.3) is 56.3 Å². The molecule has 0 amide bonds. The second kappa shape index (κ2) is 14.4. The molecule has 0 aliphatic carbocycles. The molecule has 9 nitrogen and oxygen atoms in total. The van der Waals surface area contributed by atoms with Crippen LogP contribution in [0.4, 0.5) is 0 Å². The number of hydrogen-bond donors (Lipinski definition) is 2. The Morgan fingerprint density at radius 1 is 0.596 bits per heavy atom. The van der Waals surface area contributed by atoms with Crippen molar-refractivity contribution in [1.82, 2.24) is 29.2 Å². The normalized spacial score (nSPS) is 11.6. The van der Waals surface area contributed by atoms with Crippen molar-refractivity contribution in [2.45, 2.75) is 40.4 Å². The number of rotatable bonds is 6. The van der Waals surface area contributed by atoms with E-state index in [0.29, 0.717) is 22.6 Å². The molecule has 0 aliphatic heterocycles. The number of benzene rings is 4. The Morgan fingerprint density at radius 2 is 1.04 bits per heavy atom. The van der Waals surface area contributed by atoms with E-state index in [1.807, 2.05) is 128 Å². The van der Waals surface area contributed by atoms with Gasteiger partial charge in [-0.1, -0.05) is 120 Å². The van der Waals surface area contributed by atoms with Gasteiger partial charge in [0.1, 0.15) is 0 Å². The van der Waals surface area contributed by atoms with E-state index < -0.39 is 6.10 Å². The van der Waals surface area contributed by atoms with Crippen LogP contribution in [0.5, 0.6) is 0 Å². The number of nitriles is 1. The molecule has 4 aromatic heterocycles. The SMILES string of the molecule is Cc1ccc(-c2c(C(O)C#N)c(C)nc3cc(-c4ccccc4)nn23)cc1.Cc1ccc(-c2c(CO)c(C)nc3cc(-c4ccccc4)nn23)cc1. The van der Waals surface area contributed by atoms with Crippen LogP contribution < -0.4 is 0 Å². The van der Waals surface area contributed by atoms with Gasteiger partial charge in [0.25, 0.3) is 0 Å². The monoisotopic (exact) mass is 683 g/mol. The first-order valence-corrected chi connectivity index (χ1v) is 17.0. The molecule has 8 rings (SSSR count). The van der Waals surface area contributed by atoms with Crippen molar-refractivity contribution in [2.75, 3.05) is 0 Å². The third kappa shape index (κ3) is 6.56. The van der Waals surface area contributed by atoms with Crippen molar-refractivity contribution in [1.29, 1.82) is 5.26 Å². The highest BCUT2D eigenvalue weighted by molar-refractivity contribution is 5.73. The van der Waals surface area contributed by atoms with Gasteiger partial charge in [0.2, 0.25) is 0 Å². The lowest BCUT2D eigenvalue weighted by Gasteiger charge is -2.15. The van der Waals surface area contributed by atoms with Crippen LogP contribution in [0, 0.1) is 39.0 Å². The zero-order chi connectivity index (χ0) is 36.4. The maximum absolute atomic E-state index is 10.3. The third-order valence-corrected chi connectivity index (χ3v) is 9.08. The average Bonchev–Trinajstić information content (AvgIpc) is 3.80. The first kappa shape index (κ1) is 34.0. The molecule has 1 unspecified atom stereocenters. The van der Waals surface area contributed by atoms with Gasteiger partial charge in [-0.15, -0.1) is 0 Å². The Balaban J connectivity index is 0.000000162. The molecule has 9 heteroatoms. The summed E-state index contributed by atoms with van der Waals surface area (Å²) in [5.41, 5.74) is 13.7. The number of nitrogens with zero attached hydrogens (tertiary/aromatic N) is 7. The Labute approximate surface area is 301 Å². The Kier molecular flexibility index (Phi) is 9.42. The van der Waals surface area contributed by atoms with Crippen LogP contribution in [0.15, 0.2) is 121 Å². The smallest absolute Gasteiger partial charge is 0.169 e. The minimum atomic E-state index is -1.28. The summed E-state index contributed by atoms with van der Waals surface area (Å²) in [5, 5.41) is 39.1. The molecule has 0 fully saturated rings. The number of aliphatic hydroxyl groups is 2. The van der Waals surface area contributed by atoms with Crippen LogP contribution in [0.1, 0.15) is 39.7 Å². The molecule has 0 radical (unpaired) electrons. The quantitative estimate of drug-likeness (QED) is 0.169. The zero-order valence-corrected chi connectivity index (χ0v) is 29.4. The van der Waals surface area contributed by atoms with Gasteiger partial charge >= 0.3 is 0 Å². The van der Waals surface area contributed by atoms with Gasteiger partial charge in [0, 0.05) is 56.9 Å². The second-order valence-corrected chi connectivity index (χ2v) is 12.7. The predicted octanol–water partition coefficient (Wildman–Crippen LogP) is 8.41. The Morgan fingerprint density at radius 3 is 1.50 bits per heavy atom. The highest BCUT2D eigenvalue weighted by Gasteiger charge is 2.23. The molecule has 0 saturated carbocycles. The Hall–Kier alpha value is -6.47. The molecule has 0 saturated heterocycles. The van der Waals surface area contributed by atoms with Crippen LogP contribution in [0.3, 0.4) is 0 Å². The lowest BCUT2D eigenvalue weighted by molar-refractivity contribution is 0.234. The Bertz CT molecular complexity index is 2550. The molecule has 52 heavy (non-hydrogen) atoms. The zero-order valence-electron chi connectivity index (χ0n) is 29.4. The van der Waals surface area contributed by atoms with Crippen molar-refractivity contribution in [2.24, 2.45) is 0 Å². The van der Waals surface area contributed by atoms with E-state index in [2.05, 4.69) is 41.2 Å². The number of fused-ring (bicyclic) bond motifs is 2. The van der Waals surface area contributed by atoms with Crippen molar-refractivity contribution in [3.63, 3.8) is 0 Å². The fraction of sp³-hybridized carbons (Fsp3) is 0.140. The highest BCUT2D eigenvalue weighted by atomic mass is 16.3. The van der Waals surface area contributed by atoms with Crippen LogP contribution in [-0.2, 0) is 6.61 Å². The molecule has 4 aromatic carbocycles. The second-order valence-electron chi connectivity index (χ2n) is 12.7. The summed E-state index contributed by atoms with van der Waals surface area (Å²) in [6.07, 6.45) is -1.28. The molecule has 2 N–H and O–H groups in total. The fourth-order valence-electron chi connectivity index (χ4n) is 6.37. The van der Waals surface area contributed by atoms with Gasteiger partial charge in [-0.3, -0.25) is 0 Å². The fourth-order valence-corrected chi connectivity index (χ4v) is 6.37. The largest absolute Gasteiger partial charge is 0.392 e. The minimum absolute atomic E-state index is 0.0709. The van der Waals surface area contributed by atoms with Crippen LogP contribution in [0.2, 0.25) is 0 Å². The topological polar surface area (TPSA) is 125 Å². The van der Waals surface area contributed by atoms with Crippen molar-refractivity contribution >= 4 is 11.3 Å². The molecular formula is C43H37N7O2. The number of aliphatic hydroxyl groups excluding tert-OH is 2. The summed E-state index contributed by atoms with van der Waals surface area (Å²) in [7, 11) is 0. The van der Waals surface area contributed by atoms with Gasteiger partial charge in [-0.05, 0) is 27.7 Å². The van der Waals surface area contributed by atoms with E-state index in [1.165, 1.54) is 5.56 Å². The minimum Gasteiger partial charge on any atom is -0.392 e. The molecule has 4 heterocycles. The average molecular weight is 684 g/mol. The summed E-state index contributed by atoms with van der Waals surface area (Å²) in [6, 6.07) is 42.0. The standard InChI is InChI=1S/C22H18N4O.C21H19N3O/c1-14-8-10-17(11-9-14)22-21(19(27)13-23)15(2)24-20-12-18(25-26(20)22)16-6-4-3-5-7-16;1-14-8-10-17(11-9-14)21-18(13-25)15(2)22-20-12-19(23-24(20)21)16-6-4-3-5-7-16/h3-12,19,27H,1-2H3;3-12,25H,13H2,1-2H3. The van der Waals surface area contributed by atoms with E-state index in [4.69, 9.17) is 10.2 Å². The molecule has 0 aliphatic rings. The summed E-state index contributed by atoms with van der Waals surface area (Å²) in [5.74, 6) is 0. The highest BCUT2D eigenvalue weighted by Crippen LogP contribution is 2.33. The van der Waals surface area contributed by atoms with Crippen LogP contribution >= 0.6 is 0 Å². The molecule has 256 valence electrons. The van der Waals surface area contributed by atoms with Gasteiger partial charge in [-0.25, -0.2) is 19.0 Å². The van der Waals surface area contributed by atoms with E-state index >= 15 is 0 Å². The maximum Gasteiger partial charge on any atom is 0.169 e.